The van der Waals surface area contributed by atoms with Gasteiger partial charge in [0.1, 0.15) is 0 Å². The normalized spacial score (nSPS) is 42.6. The minimum Gasteiger partial charge on any atom is -0.394 e. The minimum absolute atomic E-state index is 0.00962. The van der Waals surface area contributed by atoms with Crippen LogP contribution >= 0.6 is 0 Å². The van der Waals surface area contributed by atoms with Gasteiger partial charge in [-0.2, -0.15) is 0 Å². The molecule has 3 atom stereocenters. The van der Waals surface area contributed by atoms with Crippen LogP contribution in [0.15, 0.2) is 0 Å². The molecule has 3 unspecified atom stereocenters. The molecule has 88 valence electrons. The number of likely N-dealkylation sites (tertiary alicyclic amines) is 1. The van der Waals surface area contributed by atoms with Gasteiger partial charge in [0.15, 0.2) is 0 Å². The molecule has 2 rings (SSSR count). The highest BCUT2D eigenvalue weighted by atomic mass is 16.3. The molecule has 2 aliphatic heterocycles. The van der Waals surface area contributed by atoms with E-state index in [9.17, 15) is 5.11 Å². The van der Waals surface area contributed by atoms with E-state index in [1.807, 2.05) is 0 Å². The van der Waals surface area contributed by atoms with Crippen molar-refractivity contribution < 1.29 is 5.11 Å². The second kappa shape index (κ2) is 4.40. The maximum Gasteiger partial charge on any atom is 0.0610 e. The third-order valence-corrected chi connectivity index (χ3v) is 4.28. The molecule has 0 saturated carbocycles. The summed E-state index contributed by atoms with van der Waals surface area (Å²) in [5.41, 5.74) is -0.00962. The Kier molecular flexibility index (Phi) is 3.33. The monoisotopic (exact) mass is 212 g/mol. The molecule has 0 aliphatic carbocycles. The summed E-state index contributed by atoms with van der Waals surface area (Å²) in [5.74, 6) is 1.63. The molecule has 0 aromatic rings. The lowest BCUT2D eigenvalue weighted by Crippen LogP contribution is -2.39. The van der Waals surface area contributed by atoms with Crippen molar-refractivity contribution in [3.63, 3.8) is 0 Å². The first-order valence-corrected chi connectivity index (χ1v) is 6.25. The molecule has 0 bridgehead atoms. The van der Waals surface area contributed by atoms with E-state index in [2.05, 4.69) is 24.1 Å². The number of rotatable bonds is 3. The van der Waals surface area contributed by atoms with Crippen LogP contribution < -0.4 is 5.32 Å². The summed E-state index contributed by atoms with van der Waals surface area (Å²) in [5, 5.41) is 12.8. The quantitative estimate of drug-likeness (QED) is 0.722. The van der Waals surface area contributed by atoms with Gasteiger partial charge in [0.05, 0.1) is 6.61 Å². The van der Waals surface area contributed by atoms with E-state index >= 15 is 0 Å². The zero-order valence-electron chi connectivity index (χ0n) is 10.00. The molecule has 0 amide bonds. The SMILES string of the molecule is CCN1CCC(C2CNC(C)(CO)C2)C1. The first kappa shape index (κ1) is 11.4. The van der Waals surface area contributed by atoms with E-state index in [-0.39, 0.29) is 12.1 Å². The summed E-state index contributed by atoms with van der Waals surface area (Å²) in [6.07, 6.45) is 2.49. The van der Waals surface area contributed by atoms with Crippen molar-refractivity contribution in [1.82, 2.24) is 10.2 Å². The van der Waals surface area contributed by atoms with Gasteiger partial charge >= 0.3 is 0 Å². The summed E-state index contributed by atoms with van der Waals surface area (Å²) in [4.78, 5) is 2.54. The van der Waals surface area contributed by atoms with E-state index in [1.54, 1.807) is 0 Å². The van der Waals surface area contributed by atoms with E-state index in [1.165, 1.54) is 26.1 Å². The maximum atomic E-state index is 9.31. The van der Waals surface area contributed by atoms with Crippen LogP contribution in [-0.4, -0.2) is 48.3 Å². The topological polar surface area (TPSA) is 35.5 Å². The first-order chi connectivity index (χ1) is 7.17. The van der Waals surface area contributed by atoms with Crippen molar-refractivity contribution >= 4 is 0 Å². The Morgan fingerprint density at radius 2 is 2.27 bits per heavy atom. The maximum absolute atomic E-state index is 9.31. The fourth-order valence-electron chi connectivity index (χ4n) is 3.09. The van der Waals surface area contributed by atoms with Gasteiger partial charge in [0.2, 0.25) is 0 Å². The van der Waals surface area contributed by atoms with Crippen molar-refractivity contribution in [2.45, 2.75) is 32.2 Å². The number of aliphatic hydroxyl groups excluding tert-OH is 1. The number of nitrogens with one attached hydrogen (secondary N) is 1. The second-order valence-electron chi connectivity index (χ2n) is 5.51. The highest BCUT2D eigenvalue weighted by Gasteiger charge is 2.39. The van der Waals surface area contributed by atoms with E-state index in [0.717, 1.165) is 24.8 Å². The van der Waals surface area contributed by atoms with Crippen LogP contribution in [0.1, 0.15) is 26.7 Å². The van der Waals surface area contributed by atoms with Gasteiger partial charge in [-0.25, -0.2) is 0 Å². The van der Waals surface area contributed by atoms with Crippen LogP contribution in [0.5, 0.6) is 0 Å². The van der Waals surface area contributed by atoms with Gasteiger partial charge in [-0.15, -0.1) is 0 Å². The molecule has 3 nitrogen and oxygen atoms in total. The predicted molar refractivity (Wildman–Crippen MR) is 61.8 cm³/mol. The van der Waals surface area contributed by atoms with Gasteiger partial charge in [0.25, 0.3) is 0 Å². The molecular formula is C12H24N2O. The van der Waals surface area contributed by atoms with Crippen molar-refractivity contribution in [2.75, 3.05) is 32.8 Å². The van der Waals surface area contributed by atoms with Crippen molar-refractivity contribution in [1.29, 1.82) is 0 Å². The average molecular weight is 212 g/mol. The summed E-state index contributed by atoms with van der Waals surface area (Å²) < 4.78 is 0. The van der Waals surface area contributed by atoms with Crippen LogP contribution in [0.4, 0.5) is 0 Å². The van der Waals surface area contributed by atoms with Crippen LogP contribution in [0, 0.1) is 11.8 Å². The average Bonchev–Trinajstić information content (AvgIpc) is 2.84. The van der Waals surface area contributed by atoms with Crippen LogP contribution in [0.3, 0.4) is 0 Å². The van der Waals surface area contributed by atoms with Gasteiger partial charge < -0.3 is 15.3 Å². The Morgan fingerprint density at radius 1 is 1.47 bits per heavy atom. The summed E-state index contributed by atoms with van der Waals surface area (Å²) in [7, 11) is 0. The van der Waals surface area contributed by atoms with Gasteiger partial charge in [-0.3, -0.25) is 0 Å². The Labute approximate surface area is 92.8 Å². The molecule has 0 aromatic heterocycles. The molecule has 2 fully saturated rings. The molecule has 0 spiro atoms. The number of hydrogen-bond acceptors (Lipinski definition) is 3. The van der Waals surface area contributed by atoms with Gasteiger partial charge in [-0.1, -0.05) is 6.92 Å². The predicted octanol–water partition coefficient (Wildman–Crippen LogP) is 0.689. The van der Waals surface area contributed by atoms with Crippen molar-refractivity contribution in [3.8, 4) is 0 Å². The molecule has 2 aliphatic rings. The van der Waals surface area contributed by atoms with Crippen LogP contribution in [-0.2, 0) is 0 Å². The standard InChI is InChI=1S/C12H24N2O/c1-3-14-5-4-10(8-14)11-6-12(2,9-15)13-7-11/h10-11,13,15H,3-9H2,1-2H3. The number of aliphatic hydroxyl groups is 1. The largest absolute Gasteiger partial charge is 0.394 e. The van der Waals surface area contributed by atoms with Crippen LogP contribution in [0.25, 0.3) is 0 Å². The zero-order chi connectivity index (χ0) is 10.9. The summed E-state index contributed by atoms with van der Waals surface area (Å²) in [6, 6.07) is 0. The summed E-state index contributed by atoms with van der Waals surface area (Å²) in [6.45, 7) is 9.48. The molecule has 2 N–H and O–H groups in total. The lowest BCUT2D eigenvalue weighted by atomic mass is 9.86. The number of nitrogens with zero attached hydrogens (tertiary/aromatic N) is 1. The van der Waals surface area contributed by atoms with Gasteiger partial charge in [0, 0.05) is 12.1 Å². The van der Waals surface area contributed by atoms with Crippen LogP contribution in [0.2, 0.25) is 0 Å². The zero-order valence-corrected chi connectivity index (χ0v) is 10.00. The molecule has 2 heterocycles. The van der Waals surface area contributed by atoms with Crippen molar-refractivity contribution in [2.24, 2.45) is 11.8 Å². The fourth-order valence-corrected chi connectivity index (χ4v) is 3.09. The Bertz CT molecular complexity index is 222. The second-order valence-corrected chi connectivity index (χ2v) is 5.51. The highest BCUT2D eigenvalue weighted by molar-refractivity contribution is 4.96. The Hall–Kier alpha value is -0.120. The lowest BCUT2D eigenvalue weighted by Gasteiger charge is -2.23. The minimum atomic E-state index is -0.00962. The highest BCUT2D eigenvalue weighted by Crippen LogP contribution is 2.33. The van der Waals surface area contributed by atoms with E-state index in [0.29, 0.717) is 0 Å². The lowest BCUT2D eigenvalue weighted by molar-refractivity contribution is 0.184. The first-order valence-electron chi connectivity index (χ1n) is 6.25. The van der Waals surface area contributed by atoms with E-state index < -0.39 is 0 Å². The Morgan fingerprint density at radius 3 is 2.80 bits per heavy atom. The Balaban J connectivity index is 1.86. The van der Waals surface area contributed by atoms with Crippen molar-refractivity contribution in [3.05, 3.63) is 0 Å². The molecule has 0 aromatic carbocycles. The van der Waals surface area contributed by atoms with Gasteiger partial charge in [-0.05, 0) is 51.2 Å². The number of hydrogen-bond donors (Lipinski definition) is 2. The molecule has 2 saturated heterocycles. The molecule has 0 radical (unpaired) electrons. The molecule has 15 heavy (non-hydrogen) atoms. The molecular weight excluding hydrogens is 188 g/mol. The smallest absolute Gasteiger partial charge is 0.0610 e. The third kappa shape index (κ3) is 2.35. The van der Waals surface area contributed by atoms with E-state index in [4.69, 9.17) is 0 Å². The summed E-state index contributed by atoms with van der Waals surface area (Å²) >= 11 is 0. The molecule has 3 heteroatoms. The fraction of sp³-hybridized carbons (Fsp3) is 1.00. The third-order valence-electron chi connectivity index (χ3n) is 4.28.